The first kappa shape index (κ1) is 11.8. The van der Waals surface area contributed by atoms with Crippen LogP contribution in [-0.4, -0.2) is 21.0 Å². The highest BCUT2D eigenvalue weighted by Crippen LogP contribution is 2.31. The molecule has 0 radical (unpaired) electrons. The summed E-state index contributed by atoms with van der Waals surface area (Å²) in [7, 11) is 0. The normalized spacial score (nSPS) is 12.4. The van der Waals surface area contributed by atoms with E-state index in [0.29, 0.717) is 10.7 Å². The van der Waals surface area contributed by atoms with Crippen LogP contribution in [0.15, 0.2) is 48.7 Å². The largest absolute Gasteiger partial charge is 0.480 e. The lowest BCUT2D eigenvalue weighted by molar-refractivity contribution is -0.137. The van der Waals surface area contributed by atoms with Gasteiger partial charge in [0.15, 0.2) is 5.92 Å². The van der Waals surface area contributed by atoms with E-state index in [-0.39, 0.29) is 0 Å². The van der Waals surface area contributed by atoms with Gasteiger partial charge in [0.05, 0.1) is 15.9 Å². The van der Waals surface area contributed by atoms with Gasteiger partial charge in [-0.2, -0.15) is 0 Å². The Balaban J connectivity index is 2.12. The molecule has 94 valence electrons. The van der Waals surface area contributed by atoms with Crippen molar-refractivity contribution in [3.63, 3.8) is 0 Å². The summed E-state index contributed by atoms with van der Waals surface area (Å²) >= 11 is 1.40. The Bertz CT molecular complexity index is 691. The molecule has 1 aromatic carbocycles. The van der Waals surface area contributed by atoms with Crippen molar-refractivity contribution in [1.29, 1.82) is 0 Å². The minimum atomic E-state index is -0.933. The van der Waals surface area contributed by atoms with Crippen molar-refractivity contribution in [3.05, 3.63) is 59.4 Å². The molecule has 1 atom stereocenters. The molecule has 5 heteroatoms. The minimum Gasteiger partial charge on any atom is -0.480 e. The molecule has 0 amide bonds. The highest BCUT2D eigenvalue weighted by atomic mass is 32.1. The maximum absolute atomic E-state index is 11.5. The van der Waals surface area contributed by atoms with Crippen LogP contribution in [0.2, 0.25) is 0 Å². The average molecular weight is 270 g/mol. The molecule has 0 aliphatic rings. The lowest BCUT2D eigenvalue weighted by Crippen LogP contribution is -2.14. The third kappa shape index (κ3) is 2.20. The van der Waals surface area contributed by atoms with Crippen LogP contribution < -0.4 is 0 Å². The van der Waals surface area contributed by atoms with Crippen molar-refractivity contribution in [2.75, 3.05) is 0 Å². The summed E-state index contributed by atoms with van der Waals surface area (Å²) in [6.07, 6.45) is 1.60. The first-order valence-corrected chi connectivity index (χ1v) is 6.56. The van der Waals surface area contributed by atoms with Crippen LogP contribution in [0.1, 0.15) is 16.6 Å². The van der Waals surface area contributed by atoms with Gasteiger partial charge < -0.3 is 5.11 Å². The predicted molar refractivity (Wildman–Crippen MR) is 73.3 cm³/mol. The summed E-state index contributed by atoms with van der Waals surface area (Å²) in [5.41, 5.74) is 1.33. The molecule has 0 saturated heterocycles. The van der Waals surface area contributed by atoms with E-state index in [2.05, 4.69) is 9.97 Å². The number of nitrogens with zero attached hydrogens (tertiary/aromatic N) is 2. The number of hydrogen-bond acceptors (Lipinski definition) is 4. The number of hydrogen-bond donors (Lipinski definition) is 1. The molecule has 2 aromatic heterocycles. The van der Waals surface area contributed by atoms with E-state index in [1.54, 1.807) is 24.4 Å². The van der Waals surface area contributed by atoms with Gasteiger partial charge in [-0.05, 0) is 24.3 Å². The van der Waals surface area contributed by atoms with Crippen LogP contribution >= 0.6 is 11.3 Å². The van der Waals surface area contributed by atoms with Gasteiger partial charge >= 0.3 is 5.97 Å². The van der Waals surface area contributed by atoms with Gasteiger partial charge in [0, 0.05) is 6.20 Å². The van der Waals surface area contributed by atoms with E-state index in [0.717, 1.165) is 10.2 Å². The predicted octanol–water partition coefficient (Wildman–Crippen LogP) is 2.91. The molecule has 3 aromatic rings. The van der Waals surface area contributed by atoms with Crippen LogP contribution in [0, 0.1) is 0 Å². The van der Waals surface area contributed by atoms with Crippen LogP contribution in [-0.2, 0) is 4.79 Å². The van der Waals surface area contributed by atoms with Gasteiger partial charge in [-0.25, -0.2) is 4.98 Å². The molecule has 0 aliphatic heterocycles. The molecule has 0 spiro atoms. The van der Waals surface area contributed by atoms with Crippen molar-refractivity contribution in [1.82, 2.24) is 9.97 Å². The molecule has 2 heterocycles. The number of benzene rings is 1. The smallest absolute Gasteiger partial charge is 0.319 e. The summed E-state index contributed by atoms with van der Waals surface area (Å²) in [6.45, 7) is 0. The average Bonchev–Trinajstić information content (AvgIpc) is 2.82. The Morgan fingerprint density at radius 2 is 1.95 bits per heavy atom. The fourth-order valence-corrected chi connectivity index (χ4v) is 2.99. The molecule has 4 nitrogen and oxygen atoms in total. The number of aliphatic carboxylic acids is 1. The number of carbonyl (C=O) groups is 1. The Labute approximate surface area is 113 Å². The number of pyridine rings is 1. The first-order valence-electron chi connectivity index (χ1n) is 5.75. The second-order valence-corrected chi connectivity index (χ2v) is 5.11. The van der Waals surface area contributed by atoms with E-state index in [1.165, 1.54) is 11.3 Å². The maximum atomic E-state index is 11.5. The van der Waals surface area contributed by atoms with Gasteiger partial charge in [0.25, 0.3) is 0 Å². The quantitative estimate of drug-likeness (QED) is 0.794. The van der Waals surface area contributed by atoms with Gasteiger partial charge in [-0.15, -0.1) is 11.3 Å². The van der Waals surface area contributed by atoms with E-state index in [9.17, 15) is 9.90 Å². The van der Waals surface area contributed by atoms with Gasteiger partial charge in [0.2, 0.25) is 0 Å². The SMILES string of the molecule is O=C(O)C(c1ccccn1)c1nc2ccccc2s1. The summed E-state index contributed by atoms with van der Waals surface area (Å²) < 4.78 is 0.986. The zero-order valence-electron chi connectivity index (χ0n) is 9.85. The molecule has 3 rings (SSSR count). The Kier molecular flexibility index (Phi) is 2.97. The monoisotopic (exact) mass is 270 g/mol. The number of fused-ring (bicyclic) bond motifs is 1. The van der Waals surface area contributed by atoms with Crippen molar-refractivity contribution >= 4 is 27.5 Å². The molecule has 0 bridgehead atoms. The van der Waals surface area contributed by atoms with Gasteiger partial charge in [-0.3, -0.25) is 9.78 Å². The van der Waals surface area contributed by atoms with Crippen LogP contribution in [0.5, 0.6) is 0 Å². The van der Waals surface area contributed by atoms with Crippen LogP contribution in [0.25, 0.3) is 10.2 Å². The lowest BCUT2D eigenvalue weighted by atomic mass is 10.1. The summed E-state index contributed by atoms with van der Waals surface area (Å²) in [5.74, 6) is -1.74. The molecular formula is C14H10N2O2S. The first-order chi connectivity index (χ1) is 9.25. The Hall–Kier alpha value is -2.27. The molecule has 0 fully saturated rings. The fraction of sp³-hybridized carbons (Fsp3) is 0.0714. The van der Waals surface area contributed by atoms with E-state index in [4.69, 9.17) is 0 Å². The highest BCUT2D eigenvalue weighted by molar-refractivity contribution is 7.18. The molecule has 1 unspecified atom stereocenters. The maximum Gasteiger partial charge on any atom is 0.319 e. The van der Waals surface area contributed by atoms with Gasteiger partial charge in [0.1, 0.15) is 5.01 Å². The molecule has 0 aliphatic carbocycles. The molecule has 1 N–H and O–H groups in total. The van der Waals surface area contributed by atoms with Crippen molar-refractivity contribution in [3.8, 4) is 0 Å². The number of para-hydroxylation sites is 1. The summed E-state index contributed by atoms with van der Waals surface area (Å²) in [4.78, 5) is 20.0. The van der Waals surface area contributed by atoms with E-state index >= 15 is 0 Å². The number of carboxylic acids is 1. The second kappa shape index (κ2) is 4.78. The molecule has 19 heavy (non-hydrogen) atoms. The zero-order chi connectivity index (χ0) is 13.2. The lowest BCUT2D eigenvalue weighted by Gasteiger charge is -2.07. The van der Waals surface area contributed by atoms with Gasteiger partial charge in [-0.1, -0.05) is 18.2 Å². The summed E-state index contributed by atoms with van der Waals surface area (Å²) in [5, 5.41) is 9.99. The Morgan fingerprint density at radius 3 is 2.63 bits per heavy atom. The number of rotatable bonds is 3. The Morgan fingerprint density at radius 1 is 1.16 bits per heavy atom. The molecule has 0 saturated carbocycles. The fourth-order valence-electron chi connectivity index (χ4n) is 1.92. The highest BCUT2D eigenvalue weighted by Gasteiger charge is 2.26. The van der Waals surface area contributed by atoms with Crippen LogP contribution in [0.3, 0.4) is 0 Å². The van der Waals surface area contributed by atoms with Crippen molar-refractivity contribution < 1.29 is 9.90 Å². The number of thiazole rings is 1. The second-order valence-electron chi connectivity index (χ2n) is 4.05. The third-order valence-corrected chi connectivity index (χ3v) is 3.89. The zero-order valence-corrected chi connectivity index (χ0v) is 10.7. The number of carboxylic acid groups (broad SMARTS) is 1. The minimum absolute atomic E-state index is 0.508. The summed E-state index contributed by atoms with van der Waals surface area (Å²) in [6, 6.07) is 12.9. The third-order valence-electron chi connectivity index (χ3n) is 2.79. The van der Waals surface area contributed by atoms with Crippen molar-refractivity contribution in [2.45, 2.75) is 5.92 Å². The van der Waals surface area contributed by atoms with E-state index in [1.807, 2.05) is 24.3 Å². The number of aromatic nitrogens is 2. The van der Waals surface area contributed by atoms with E-state index < -0.39 is 11.9 Å². The topological polar surface area (TPSA) is 63.1 Å². The van der Waals surface area contributed by atoms with Crippen molar-refractivity contribution in [2.24, 2.45) is 0 Å². The standard InChI is InChI=1S/C14H10N2O2S/c17-14(18)12(10-6-3-4-8-15-10)13-16-9-5-1-2-7-11(9)19-13/h1-8,12H,(H,17,18). The molecular weight excluding hydrogens is 260 g/mol. The van der Waals surface area contributed by atoms with Crippen LogP contribution in [0.4, 0.5) is 0 Å².